The highest BCUT2D eigenvalue weighted by Crippen LogP contribution is 2.32. The Bertz CT molecular complexity index is 659. The Balaban J connectivity index is 1.66. The van der Waals surface area contributed by atoms with Gasteiger partial charge in [0.25, 0.3) is 0 Å². The van der Waals surface area contributed by atoms with Crippen molar-refractivity contribution in [3.8, 4) is 0 Å². The summed E-state index contributed by atoms with van der Waals surface area (Å²) in [7, 11) is 0. The monoisotopic (exact) mass is 329 g/mol. The maximum atomic E-state index is 12.5. The van der Waals surface area contributed by atoms with Gasteiger partial charge in [-0.1, -0.05) is 18.2 Å². The molecule has 0 radical (unpaired) electrons. The molecule has 0 atom stereocenters. The average Bonchev–Trinajstić information content (AvgIpc) is 3.23. The minimum Gasteiger partial charge on any atom is -0.465 e. The highest BCUT2D eigenvalue weighted by molar-refractivity contribution is 7.11. The van der Waals surface area contributed by atoms with Gasteiger partial charge < -0.3 is 4.74 Å². The van der Waals surface area contributed by atoms with Gasteiger partial charge in [0.2, 0.25) is 0 Å². The second-order valence-electron chi connectivity index (χ2n) is 4.70. The number of esters is 1. The van der Waals surface area contributed by atoms with Crippen molar-refractivity contribution in [1.29, 1.82) is 0 Å². The molecule has 112 valence electrons. The molecule has 0 aliphatic rings. The molecule has 0 saturated heterocycles. The van der Waals surface area contributed by atoms with E-state index in [0.717, 1.165) is 15.4 Å². The third-order valence-corrected chi connectivity index (χ3v) is 5.09. The highest BCUT2D eigenvalue weighted by atomic mass is 32.1. The van der Waals surface area contributed by atoms with E-state index in [9.17, 15) is 4.79 Å². The summed E-state index contributed by atoms with van der Waals surface area (Å²) < 4.78 is 5.49. The van der Waals surface area contributed by atoms with Crippen molar-refractivity contribution in [3.05, 3.63) is 74.9 Å². The number of hydrogen-bond donors (Lipinski definition) is 0. The number of thiophene rings is 2. The smallest absolute Gasteiger partial charge is 0.319 e. The van der Waals surface area contributed by atoms with Crippen LogP contribution in [0.4, 0.5) is 0 Å². The predicted molar refractivity (Wildman–Crippen MR) is 89.4 cm³/mol. The second kappa shape index (κ2) is 7.33. The molecule has 0 saturated carbocycles. The standard InChI is InChI=1S/C17H15NO2S2/c19-17(20-10-8-13-5-1-2-9-18-13)16(14-6-3-11-21-14)15-7-4-12-22-15/h1-7,9,11-12,16H,8,10H2. The molecule has 0 spiro atoms. The molecule has 3 nitrogen and oxygen atoms in total. The number of hydrogen-bond acceptors (Lipinski definition) is 5. The molecule has 5 heteroatoms. The first kappa shape index (κ1) is 14.9. The normalized spacial score (nSPS) is 10.8. The molecule has 3 rings (SSSR count). The van der Waals surface area contributed by atoms with Crippen LogP contribution in [0.5, 0.6) is 0 Å². The molecular weight excluding hydrogens is 314 g/mol. The molecule has 3 aromatic rings. The van der Waals surface area contributed by atoms with Gasteiger partial charge in [-0.05, 0) is 35.0 Å². The van der Waals surface area contributed by atoms with E-state index in [0.29, 0.717) is 13.0 Å². The quantitative estimate of drug-likeness (QED) is 0.639. The first-order chi connectivity index (χ1) is 10.8. The van der Waals surface area contributed by atoms with Gasteiger partial charge >= 0.3 is 5.97 Å². The zero-order valence-electron chi connectivity index (χ0n) is 11.8. The molecule has 22 heavy (non-hydrogen) atoms. The number of pyridine rings is 1. The van der Waals surface area contributed by atoms with Crippen LogP contribution in [0.15, 0.2) is 59.4 Å². The van der Waals surface area contributed by atoms with E-state index in [1.54, 1.807) is 28.9 Å². The molecular formula is C17H15NO2S2. The topological polar surface area (TPSA) is 39.2 Å². The zero-order valence-corrected chi connectivity index (χ0v) is 13.5. The number of rotatable bonds is 6. The van der Waals surface area contributed by atoms with E-state index in [1.165, 1.54) is 0 Å². The van der Waals surface area contributed by atoms with Gasteiger partial charge in [-0.15, -0.1) is 22.7 Å². The van der Waals surface area contributed by atoms with E-state index in [1.807, 2.05) is 53.2 Å². The van der Waals surface area contributed by atoms with Crippen molar-refractivity contribution < 1.29 is 9.53 Å². The Kier molecular flexibility index (Phi) is 4.98. The van der Waals surface area contributed by atoms with Crippen molar-refractivity contribution in [1.82, 2.24) is 4.98 Å². The minimum atomic E-state index is -0.316. The van der Waals surface area contributed by atoms with Gasteiger partial charge in [0, 0.05) is 28.1 Å². The van der Waals surface area contributed by atoms with Gasteiger partial charge in [-0.2, -0.15) is 0 Å². The maximum Gasteiger partial charge on any atom is 0.319 e. The summed E-state index contributed by atoms with van der Waals surface area (Å²) in [5.74, 6) is -0.510. The average molecular weight is 329 g/mol. The number of nitrogens with zero attached hydrogens (tertiary/aromatic N) is 1. The van der Waals surface area contributed by atoms with E-state index in [2.05, 4.69) is 4.98 Å². The first-order valence-corrected chi connectivity index (χ1v) is 8.74. The zero-order chi connectivity index (χ0) is 15.2. The summed E-state index contributed by atoms with van der Waals surface area (Å²) in [4.78, 5) is 18.8. The van der Waals surface area contributed by atoms with Gasteiger partial charge in [0.1, 0.15) is 5.92 Å². The van der Waals surface area contributed by atoms with Gasteiger partial charge in [-0.25, -0.2) is 0 Å². The lowest BCUT2D eigenvalue weighted by atomic mass is 10.1. The lowest BCUT2D eigenvalue weighted by Gasteiger charge is -2.13. The van der Waals surface area contributed by atoms with Crippen molar-refractivity contribution in [2.75, 3.05) is 6.61 Å². The number of carbonyl (C=O) groups excluding carboxylic acids is 1. The van der Waals surface area contributed by atoms with E-state index in [4.69, 9.17) is 4.74 Å². The van der Waals surface area contributed by atoms with Crippen molar-refractivity contribution in [3.63, 3.8) is 0 Å². The number of carbonyl (C=O) groups is 1. The predicted octanol–water partition coefficient (Wildman–Crippen LogP) is 4.12. The minimum absolute atomic E-state index is 0.194. The van der Waals surface area contributed by atoms with Crippen LogP contribution in [0.1, 0.15) is 21.4 Å². The van der Waals surface area contributed by atoms with Crippen molar-refractivity contribution in [2.45, 2.75) is 12.3 Å². The third-order valence-electron chi connectivity index (χ3n) is 3.22. The van der Waals surface area contributed by atoms with Crippen molar-refractivity contribution in [2.24, 2.45) is 0 Å². The summed E-state index contributed by atoms with van der Waals surface area (Å²) in [6.07, 6.45) is 2.38. The second-order valence-corrected chi connectivity index (χ2v) is 6.66. The SMILES string of the molecule is O=C(OCCc1ccccn1)C(c1cccs1)c1cccs1. The first-order valence-electron chi connectivity index (χ1n) is 6.98. The van der Waals surface area contributed by atoms with Crippen molar-refractivity contribution >= 4 is 28.6 Å². The Labute approximate surface area is 137 Å². The molecule has 0 aliphatic carbocycles. The van der Waals surface area contributed by atoms with Crippen LogP contribution in [-0.2, 0) is 16.0 Å². The molecule has 0 bridgehead atoms. The number of ether oxygens (including phenoxy) is 1. The fourth-order valence-electron chi connectivity index (χ4n) is 2.17. The summed E-state index contributed by atoms with van der Waals surface area (Å²) in [5, 5.41) is 3.97. The lowest BCUT2D eigenvalue weighted by molar-refractivity contribution is -0.144. The largest absolute Gasteiger partial charge is 0.465 e. The molecule has 3 aromatic heterocycles. The lowest BCUT2D eigenvalue weighted by Crippen LogP contribution is -2.17. The van der Waals surface area contributed by atoms with Crippen LogP contribution in [0.25, 0.3) is 0 Å². The molecule has 0 aliphatic heterocycles. The maximum absolute atomic E-state index is 12.5. The summed E-state index contributed by atoms with van der Waals surface area (Å²) in [6, 6.07) is 13.6. The molecule has 0 aromatic carbocycles. The fourth-order valence-corrected chi connectivity index (χ4v) is 3.91. The van der Waals surface area contributed by atoms with Crippen LogP contribution in [-0.4, -0.2) is 17.6 Å². The van der Waals surface area contributed by atoms with Crippen LogP contribution >= 0.6 is 22.7 Å². The molecule has 3 heterocycles. The third kappa shape index (κ3) is 3.61. The Morgan fingerprint density at radius 2 is 1.77 bits per heavy atom. The van der Waals surface area contributed by atoms with Gasteiger partial charge in [0.05, 0.1) is 6.61 Å². The summed E-state index contributed by atoms with van der Waals surface area (Å²) in [5.41, 5.74) is 0.930. The van der Waals surface area contributed by atoms with E-state index in [-0.39, 0.29) is 11.9 Å². The van der Waals surface area contributed by atoms with Gasteiger partial charge in [0.15, 0.2) is 0 Å². The Morgan fingerprint density at radius 3 is 2.32 bits per heavy atom. The highest BCUT2D eigenvalue weighted by Gasteiger charge is 2.26. The Morgan fingerprint density at radius 1 is 1.05 bits per heavy atom. The van der Waals surface area contributed by atoms with Crippen LogP contribution in [0.3, 0.4) is 0 Å². The van der Waals surface area contributed by atoms with Crippen LogP contribution in [0, 0.1) is 0 Å². The molecule has 0 unspecified atom stereocenters. The number of aromatic nitrogens is 1. The molecule has 0 amide bonds. The molecule has 0 fully saturated rings. The fraction of sp³-hybridized carbons (Fsp3) is 0.176. The molecule has 0 N–H and O–H groups in total. The summed E-state index contributed by atoms with van der Waals surface area (Å²) in [6.45, 7) is 0.350. The Hall–Kier alpha value is -1.98. The van der Waals surface area contributed by atoms with Gasteiger partial charge in [-0.3, -0.25) is 9.78 Å². The van der Waals surface area contributed by atoms with Crippen LogP contribution in [0.2, 0.25) is 0 Å². The van der Waals surface area contributed by atoms with Crippen LogP contribution < -0.4 is 0 Å². The summed E-state index contributed by atoms with van der Waals surface area (Å²) >= 11 is 3.16. The van der Waals surface area contributed by atoms with E-state index < -0.39 is 0 Å². The van der Waals surface area contributed by atoms with E-state index >= 15 is 0 Å².